The number of carbonyl (C=O) groups is 2. The van der Waals surface area contributed by atoms with Gasteiger partial charge in [-0.3, -0.25) is 4.79 Å². The third-order valence-corrected chi connectivity index (χ3v) is 4.28. The second-order valence-electron chi connectivity index (χ2n) is 5.85. The molecule has 4 nitrogen and oxygen atoms in total. The van der Waals surface area contributed by atoms with Gasteiger partial charge in [-0.25, -0.2) is 4.79 Å². The third-order valence-electron chi connectivity index (χ3n) is 4.28. The summed E-state index contributed by atoms with van der Waals surface area (Å²) in [6.07, 6.45) is 3.20. The van der Waals surface area contributed by atoms with Crippen molar-refractivity contribution in [1.29, 1.82) is 0 Å². The lowest BCUT2D eigenvalue weighted by molar-refractivity contribution is -0.139. The van der Waals surface area contributed by atoms with Crippen LogP contribution in [0.5, 0.6) is 0 Å². The predicted molar refractivity (Wildman–Crippen MR) is 87.5 cm³/mol. The molecule has 0 spiro atoms. The van der Waals surface area contributed by atoms with Crippen LogP contribution in [-0.2, 0) is 24.1 Å². The molecule has 2 aromatic rings. The number of fused-ring (bicyclic) bond motifs is 1. The average molecular weight is 309 g/mol. The average Bonchev–Trinajstić information content (AvgIpc) is 3.03. The summed E-state index contributed by atoms with van der Waals surface area (Å²) < 4.78 is 0. The van der Waals surface area contributed by atoms with Crippen LogP contribution in [0.4, 0.5) is 0 Å². The topological polar surface area (TPSA) is 66.4 Å². The van der Waals surface area contributed by atoms with Crippen LogP contribution in [0.25, 0.3) is 0 Å². The van der Waals surface area contributed by atoms with E-state index in [4.69, 9.17) is 0 Å². The molecular weight excluding hydrogens is 290 g/mol. The highest BCUT2D eigenvalue weighted by Crippen LogP contribution is 2.25. The molecule has 2 N–H and O–H groups in total. The van der Waals surface area contributed by atoms with Crippen molar-refractivity contribution in [3.63, 3.8) is 0 Å². The van der Waals surface area contributed by atoms with Gasteiger partial charge in [0.25, 0.3) is 5.91 Å². The summed E-state index contributed by atoms with van der Waals surface area (Å²) in [6, 6.07) is 14.1. The molecule has 0 saturated carbocycles. The number of aryl methyl sites for hydroxylation is 1. The molecule has 0 heterocycles. The van der Waals surface area contributed by atoms with E-state index in [9.17, 15) is 14.7 Å². The number of benzene rings is 2. The first-order chi connectivity index (χ1) is 11.1. The maximum absolute atomic E-state index is 12.5. The van der Waals surface area contributed by atoms with E-state index in [0.717, 1.165) is 30.4 Å². The number of amides is 1. The first kappa shape index (κ1) is 15.3. The van der Waals surface area contributed by atoms with Gasteiger partial charge in [0.1, 0.15) is 6.04 Å². The Morgan fingerprint density at radius 3 is 2.57 bits per heavy atom. The van der Waals surface area contributed by atoms with Gasteiger partial charge in [0, 0.05) is 12.0 Å². The minimum atomic E-state index is -1.02. The van der Waals surface area contributed by atoms with Gasteiger partial charge in [0.2, 0.25) is 0 Å². The highest BCUT2D eigenvalue weighted by Gasteiger charge is 2.24. The number of nitrogens with one attached hydrogen (secondary N) is 1. The molecule has 118 valence electrons. The van der Waals surface area contributed by atoms with Crippen LogP contribution in [0, 0.1) is 0 Å². The van der Waals surface area contributed by atoms with Crippen molar-refractivity contribution in [2.75, 3.05) is 0 Å². The summed E-state index contributed by atoms with van der Waals surface area (Å²) in [5.41, 5.74) is 3.76. The van der Waals surface area contributed by atoms with E-state index in [1.165, 1.54) is 5.56 Å². The van der Waals surface area contributed by atoms with Gasteiger partial charge < -0.3 is 10.4 Å². The van der Waals surface area contributed by atoms with Gasteiger partial charge >= 0.3 is 5.97 Å². The van der Waals surface area contributed by atoms with Crippen LogP contribution in [0.1, 0.15) is 33.5 Å². The van der Waals surface area contributed by atoms with Crippen molar-refractivity contribution in [3.8, 4) is 0 Å². The van der Waals surface area contributed by atoms with Crippen molar-refractivity contribution in [2.45, 2.75) is 31.7 Å². The number of carbonyl (C=O) groups excluding carboxylic acids is 1. The zero-order chi connectivity index (χ0) is 16.2. The fourth-order valence-corrected chi connectivity index (χ4v) is 3.12. The van der Waals surface area contributed by atoms with Crippen LogP contribution >= 0.6 is 0 Å². The molecule has 0 aliphatic heterocycles. The summed E-state index contributed by atoms with van der Waals surface area (Å²) in [7, 11) is 0. The fourth-order valence-electron chi connectivity index (χ4n) is 3.12. The summed E-state index contributed by atoms with van der Waals surface area (Å²) >= 11 is 0. The smallest absolute Gasteiger partial charge is 0.326 e. The quantitative estimate of drug-likeness (QED) is 0.892. The van der Waals surface area contributed by atoms with Crippen LogP contribution in [-0.4, -0.2) is 23.0 Å². The van der Waals surface area contributed by atoms with Crippen molar-refractivity contribution < 1.29 is 14.7 Å². The molecule has 1 atom stereocenters. The summed E-state index contributed by atoms with van der Waals surface area (Å²) in [4.78, 5) is 24.0. The normalized spacial score (nSPS) is 14.1. The molecule has 2 aromatic carbocycles. The van der Waals surface area contributed by atoms with E-state index in [-0.39, 0.29) is 12.3 Å². The van der Waals surface area contributed by atoms with Gasteiger partial charge in [-0.2, -0.15) is 0 Å². The Bertz CT molecular complexity index is 725. The van der Waals surface area contributed by atoms with Gasteiger partial charge in [-0.05, 0) is 42.0 Å². The van der Waals surface area contributed by atoms with Gasteiger partial charge in [-0.1, -0.05) is 42.5 Å². The molecule has 0 fully saturated rings. The molecule has 0 saturated heterocycles. The molecule has 1 amide bonds. The van der Waals surface area contributed by atoms with E-state index < -0.39 is 12.0 Å². The number of hydrogen-bond donors (Lipinski definition) is 2. The highest BCUT2D eigenvalue weighted by atomic mass is 16.4. The van der Waals surface area contributed by atoms with Gasteiger partial charge in [0.05, 0.1) is 0 Å². The third kappa shape index (κ3) is 3.42. The van der Waals surface area contributed by atoms with Gasteiger partial charge in [-0.15, -0.1) is 0 Å². The maximum Gasteiger partial charge on any atom is 0.326 e. The maximum atomic E-state index is 12.5. The monoisotopic (exact) mass is 309 g/mol. The van der Waals surface area contributed by atoms with E-state index in [2.05, 4.69) is 5.32 Å². The second kappa shape index (κ2) is 6.65. The van der Waals surface area contributed by atoms with Gasteiger partial charge in [0.15, 0.2) is 0 Å². The van der Waals surface area contributed by atoms with E-state index in [1.54, 1.807) is 6.07 Å². The lowest BCUT2D eigenvalue weighted by atomic mass is 10.0. The molecule has 0 radical (unpaired) electrons. The Morgan fingerprint density at radius 2 is 1.83 bits per heavy atom. The summed E-state index contributed by atoms with van der Waals surface area (Å²) in [5, 5.41) is 12.1. The number of carboxylic acid groups (broad SMARTS) is 1. The van der Waals surface area contributed by atoms with E-state index in [0.29, 0.717) is 5.56 Å². The minimum Gasteiger partial charge on any atom is -0.480 e. The van der Waals surface area contributed by atoms with Crippen molar-refractivity contribution in [3.05, 3.63) is 70.8 Å². The zero-order valence-corrected chi connectivity index (χ0v) is 12.8. The van der Waals surface area contributed by atoms with Crippen LogP contribution in [0.15, 0.2) is 48.5 Å². The largest absolute Gasteiger partial charge is 0.480 e. The lowest BCUT2D eigenvalue weighted by Gasteiger charge is -2.16. The predicted octanol–water partition coefficient (Wildman–Crippen LogP) is 2.60. The molecule has 3 rings (SSSR count). The standard InChI is InChI=1S/C19H19NO3/c21-18(16-11-5-9-14-8-4-10-15(14)16)20-17(19(22)23)12-13-6-2-1-3-7-13/h1-3,5-7,9,11,17H,4,8,10,12H2,(H,20,21)(H,22,23)/t17-/m1/s1. The molecule has 1 aliphatic rings. The molecule has 0 aromatic heterocycles. The molecule has 0 bridgehead atoms. The zero-order valence-electron chi connectivity index (χ0n) is 12.8. The Labute approximate surface area is 135 Å². The molecule has 23 heavy (non-hydrogen) atoms. The van der Waals surface area contributed by atoms with Crippen molar-refractivity contribution >= 4 is 11.9 Å². The van der Waals surface area contributed by atoms with E-state index >= 15 is 0 Å². The number of rotatable bonds is 5. The highest BCUT2D eigenvalue weighted by molar-refractivity contribution is 5.98. The molecule has 1 aliphatic carbocycles. The number of carboxylic acids is 1. The van der Waals surface area contributed by atoms with Crippen molar-refractivity contribution in [1.82, 2.24) is 5.32 Å². The minimum absolute atomic E-state index is 0.275. The lowest BCUT2D eigenvalue weighted by Crippen LogP contribution is -2.42. The molecule has 4 heteroatoms. The number of hydrogen-bond acceptors (Lipinski definition) is 2. The fraction of sp³-hybridized carbons (Fsp3) is 0.263. The summed E-state index contributed by atoms with van der Waals surface area (Å²) in [6.45, 7) is 0. The first-order valence-electron chi connectivity index (χ1n) is 7.83. The van der Waals surface area contributed by atoms with Crippen LogP contribution in [0.2, 0.25) is 0 Å². The Hall–Kier alpha value is -2.62. The Morgan fingerprint density at radius 1 is 1.04 bits per heavy atom. The summed E-state index contributed by atoms with van der Waals surface area (Å²) in [5.74, 6) is -1.32. The first-order valence-corrected chi connectivity index (χ1v) is 7.83. The number of aliphatic carboxylic acids is 1. The Balaban J connectivity index is 1.77. The van der Waals surface area contributed by atoms with E-state index in [1.807, 2.05) is 42.5 Å². The second-order valence-corrected chi connectivity index (χ2v) is 5.85. The Kier molecular flexibility index (Phi) is 4.42. The molecule has 0 unspecified atom stereocenters. The molecular formula is C19H19NO3. The van der Waals surface area contributed by atoms with Crippen LogP contribution < -0.4 is 5.32 Å². The van der Waals surface area contributed by atoms with Crippen molar-refractivity contribution in [2.24, 2.45) is 0 Å². The SMILES string of the molecule is O=C(N[C@H](Cc1ccccc1)C(=O)O)c1cccc2c1CCC2. The van der Waals surface area contributed by atoms with Crippen LogP contribution in [0.3, 0.4) is 0 Å².